The second-order valence-corrected chi connectivity index (χ2v) is 7.27. The lowest BCUT2D eigenvalue weighted by molar-refractivity contribution is -0.134. The number of carbonyl (C=O) groups excluding carboxylic acids is 2. The van der Waals surface area contributed by atoms with Crippen LogP contribution in [-0.4, -0.2) is 48.5 Å². The van der Waals surface area contributed by atoms with Gasteiger partial charge in [0.15, 0.2) is 0 Å². The summed E-state index contributed by atoms with van der Waals surface area (Å²) in [6.45, 7) is 1.14. The van der Waals surface area contributed by atoms with E-state index in [1.165, 1.54) is 12.0 Å². The Bertz CT molecular complexity index is 506. The molecule has 1 saturated heterocycles. The van der Waals surface area contributed by atoms with E-state index in [1.54, 1.807) is 23.3 Å². The normalized spacial score (nSPS) is 18.1. The molecule has 7 heteroatoms. The van der Waals surface area contributed by atoms with E-state index in [1.807, 2.05) is 12.1 Å². The first-order valence-electron chi connectivity index (χ1n) is 6.36. The van der Waals surface area contributed by atoms with Crippen molar-refractivity contribution in [3.05, 3.63) is 20.8 Å². The van der Waals surface area contributed by atoms with Crippen molar-refractivity contribution >= 4 is 39.3 Å². The van der Waals surface area contributed by atoms with Gasteiger partial charge in [-0.05, 0) is 40.9 Å². The first-order valence-corrected chi connectivity index (χ1v) is 7.97. The molecule has 0 radical (unpaired) electrons. The van der Waals surface area contributed by atoms with Gasteiger partial charge in [0.05, 0.1) is 17.4 Å². The van der Waals surface area contributed by atoms with Gasteiger partial charge in [0.25, 0.3) is 0 Å². The van der Waals surface area contributed by atoms with Gasteiger partial charge in [-0.15, -0.1) is 11.3 Å². The monoisotopic (exact) mass is 360 g/mol. The van der Waals surface area contributed by atoms with Crippen LogP contribution in [-0.2, 0) is 16.1 Å². The van der Waals surface area contributed by atoms with Crippen molar-refractivity contribution in [1.29, 1.82) is 0 Å². The summed E-state index contributed by atoms with van der Waals surface area (Å²) in [6, 6.07) is 3.57. The minimum absolute atomic E-state index is 0.0302. The van der Waals surface area contributed by atoms with Gasteiger partial charge in [0, 0.05) is 18.5 Å². The van der Waals surface area contributed by atoms with E-state index in [-0.39, 0.29) is 5.91 Å². The fourth-order valence-corrected chi connectivity index (χ4v) is 3.90. The van der Waals surface area contributed by atoms with Gasteiger partial charge < -0.3 is 9.64 Å². The molecule has 2 heterocycles. The zero-order chi connectivity index (χ0) is 14.7. The Balaban J connectivity index is 2.00. The molecule has 1 unspecified atom stereocenters. The van der Waals surface area contributed by atoms with Gasteiger partial charge in [-0.3, -0.25) is 9.69 Å². The number of likely N-dealkylation sites (N-methyl/N-ethyl adjacent to an activating group) is 1. The maximum atomic E-state index is 12.5. The summed E-state index contributed by atoms with van der Waals surface area (Å²) in [5, 5.41) is 0. The van der Waals surface area contributed by atoms with E-state index in [4.69, 9.17) is 4.74 Å². The molecule has 1 aromatic rings. The van der Waals surface area contributed by atoms with Crippen LogP contribution in [0.25, 0.3) is 0 Å². The number of amides is 2. The van der Waals surface area contributed by atoms with Crippen molar-refractivity contribution in [2.24, 2.45) is 0 Å². The summed E-state index contributed by atoms with van der Waals surface area (Å²) in [7, 11) is 3.11. The second kappa shape index (κ2) is 6.58. The Morgan fingerprint density at radius 2 is 2.30 bits per heavy atom. The van der Waals surface area contributed by atoms with Gasteiger partial charge in [-0.25, -0.2) is 4.79 Å². The van der Waals surface area contributed by atoms with Gasteiger partial charge >= 0.3 is 6.09 Å². The minimum atomic E-state index is -0.423. The SMILES string of the molecule is COC(=O)N1CCCC1C(=O)N(C)Cc1ccc(Br)s1. The lowest BCUT2D eigenvalue weighted by Crippen LogP contribution is -2.46. The van der Waals surface area contributed by atoms with Crippen LogP contribution in [0.15, 0.2) is 15.9 Å². The van der Waals surface area contributed by atoms with E-state index >= 15 is 0 Å². The zero-order valence-corrected chi connectivity index (χ0v) is 13.9. The number of thiophene rings is 1. The largest absolute Gasteiger partial charge is 0.453 e. The van der Waals surface area contributed by atoms with Gasteiger partial charge in [0.1, 0.15) is 6.04 Å². The molecule has 5 nitrogen and oxygen atoms in total. The standard InChI is InChI=1S/C13H17BrN2O3S/c1-15(8-9-5-6-11(14)20-9)12(17)10-4-3-7-16(10)13(18)19-2/h5-6,10H,3-4,7-8H2,1-2H3. The van der Waals surface area contributed by atoms with Crippen LogP contribution in [0, 0.1) is 0 Å². The molecule has 0 aliphatic carbocycles. The Morgan fingerprint density at radius 3 is 2.90 bits per heavy atom. The first kappa shape index (κ1) is 15.3. The van der Waals surface area contributed by atoms with E-state index in [0.29, 0.717) is 19.5 Å². The van der Waals surface area contributed by atoms with E-state index in [9.17, 15) is 9.59 Å². The Kier molecular flexibility index (Phi) is 5.04. The third kappa shape index (κ3) is 3.32. The highest BCUT2D eigenvalue weighted by atomic mass is 79.9. The zero-order valence-electron chi connectivity index (χ0n) is 11.5. The van der Waals surface area contributed by atoms with Crippen LogP contribution in [0.2, 0.25) is 0 Å². The van der Waals surface area contributed by atoms with Gasteiger partial charge in [0.2, 0.25) is 5.91 Å². The molecular formula is C13H17BrN2O3S. The lowest BCUT2D eigenvalue weighted by Gasteiger charge is -2.26. The van der Waals surface area contributed by atoms with Crippen LogP contribution in [0.5, 0.6) is 0 Å². The Morgan fingerprint density at radius 1 is 1.55 bits per heavy atom. The number of methoxy groups -OCH3 is 1. The maximum absolute atomic E-state index is 12.5. The average Bonchev–Trinajstić information content (AvgIpc) is 3.06. The summed E-state index contributed by atoms with van der Waals surface area (Å²) >= 11 is 5.01. The van der Waals surface area contributed by atoms with Crippen LogP contribution in [0.1, 0.15) is 17.7 Å². The lowest BCUT2D eigenvalue weighted by atomic mass is 10.2. The predicted molar refractivity (Wildman–Crippen MR) is 80.6 cm³/mol. The van der Waals surface area contributed by atoms with Gasteiger partial charge in [-0.1, -0.05) is 0 Å². The molecule has 1 aliphatic heterocycles. The molecule has 0 saturated carbocycles. The third-order valence-electron chi connectivity index (χ3n) is 3.35. The van der Waals surface area contributed by atoms with Crippen molar-refractivity contribution in [1.82, 2.24) is 9.80 Å². The van der Waals surface area contributed by atoms with Crippen molar-refractivity contribution in [2.75, 3.05) is 20.7 Å². The number of hydrogen-bond donors (Lipinski definition) is 0. The highest BCUT2D eigenvalue weighted by molar-refractivity contribution is 9.11. The van der Waals surface area contributed by atoms with Crippen molar-refractivity contribution in [3.8, 4) is 0 Å². The number of ether oxygens (including phenoxy) is 1. The molecule has 0 spiro atoms. The summed E-state index contributed by atoms with van der Waals surface area (Å²) in [6.07, 6.45) is 1.11. The molecule has 110 valence electrons. The Hall–Kier alpha value is -1.08. The second-order valence-electron chi connectivity index (χ2n) is 4.72. The molecule has 20 heavy (non-hydrogen) atoms. The molecule has 0 N–H and O–H groups in total. The summed E-state index contributed by atoms with van der Waals surface area (Å²) in [5.41, 5.74) is 0. The summed E-state index contributed by atoms with van der Waals surface area (Å²) in [4.78, 5) is 28.4. The fourth-order valence-electron chi connectivity index (χ4n) is 2.36. The fraction of sp³-hybridized carbons (Fsp3) is 0.538. The summed E-state index contributed by atoms with van der Waals surface area (Å²) in [5.74, 6) is -0.0302. The van der Waals surface area contributed by atoms with Crippen LogP contribution in [0.4, 0.5) is 4.79 Å². The molecule has 1 aliphatic rings. The van der Waals surface area contributed by atoms with Crippen LogP contribution < -0.4 is 0 Å². The number of carbonyl (C=O) groups is 2. The third-order valence-corrected chi connectivity index (χ3v) is 4.95. The molecular weight excluding hydrogens is 344 g/mol. The van der Waals surface area contributed by atoms with E-state index in [0.717, 1.165) is 15.1 Å². The number of likely N-dealkylation sites (tertiary alicyclic amines) is 1. The maximum Gasteiger partial charge on any atom is 0.410 e. The first-order chi connectivity index (χ1) is 9.52. The van der Waals surface area contributed by atoms with Crippen molar-refractivity contribution in [3.63, 3.8) is 0 Å². The van der Waals surface area contributed by atoms with Crippen molar-refractivity contribution in [2.45, 2.75) is 25.4 Å². The number of nitrogens with zero attached hydrogens (tertiary/aromatic N) is 2. The number of rotatable bonds is 3. The summed E-state index contributed by atoms with van der Waals surface area (Å²) < 4.78 is 5.77. The molecule has 2 rings (SSSR count). The van der Waals surface area contributed by atoms with Gasteiger partial charge in [-0.2, -0.15) is 0 Å². The van der Waals surface area contributed by atoms with Crippen LogP contribution in [0.3, 0.4) is 0 Å². The predicted octanol–water partition coefficient (Wildman–Crippen LogP) is 2.70. The average molecular weight is 361 g/mol. The van der Waals surface area contributed by atoms with Crippen molar-refractivity contribution < 1.29 is 14.3 Å². The molecule has 2 amide bonds. The minimum Gasteiger partial charge on any atom is -0.453 e. The molecule has 0 aromatic carbocycles. The Labute approximate surface area is 130 Å². The highest BCUT2D eigenvalue weighted by Crippen LogP contribution is 2.25. The molecule has 0 bridgehead atoms. The van der Waals surface area contributed by atoms with E-state index < -0.39 is 12.1 Å². The highest BCUT2D eigenvalue weighted by Gasteiger charge is 2.36. The molecule has 1 atom stereocenters. The molecule has 1 fully saturated rings. The smallest absolute Gasteiger partial charge is 0.410 e. The van der Waals surface area contributed by atoms with E-state index in [2.05, 4.69) is 15.9 Å². The van der Waals surface area contributed by atoms with Crippen LogP contribution >= 0.6 is 27.3 Å². The number of halogens is 1. The molecule has 1 aromatic heterocycles. The number of hydrogen-bond acceptors (Lipinski definition) is 4. The topological polar surface area (TPSA) is 49.9 Å². The quantitative estimate of drug-likeness (QED) is 0.832.